The zero-order chi connectivity index (χ0) is 14.7. The summed E-state index contributed by atoms with van der Waals surface area (Å²) < 4.78 is 2.56. The average molecular weight is 355 g/mol. The van der Waals surface area contributed by atoms with Crippen molar-refractivity contribution in [1.82, 2.24) is 4.57 Å². The summed E-state index contributed by atoms with van der Waals surface area (Å²) in [6.07, 6.45) is 2.55. The van der Waals surface area contributed by atoms with Crippen LogP contribution in [0.15, 0.2) is 33.0 Å². The van der Waals surface area contributed by atoms with Crippen molar-refractivity contribution in [3.63, 3.8) is 0 Å². The van der Waals surface area contributed by atoms with E-state index in [-0.39, 0.29) is 11.5 Å². The number of aromatic nitrogens is 1. The van der Waals surface area contributed by atoms with E-state index in [1.54, 1.807) is 16.8 Å². The second-order valence-electron chi connectivity index (χ2n) is 4.47. The topological polar surface area (TPSA) is 51.1 Å². The molecule has 1 N–H and O–H groups in total. The van der Waals surface area contributed by atoms with E-state index in [4.69, 9.17) is 0 Å². The van der Waals surface area contributed by atoms with Crippen molar-refractivity contribution >= 4 is 38.9 Å². The first-order chi connectivity index (χ1) is 9.51. The fourth-order valence-corrected chi connectivity index (χ4v) is 3.22. The van der Waals surface area contributed by atoms with Gasteiger partial charge < -0.3 is 9.88 Å². The van der Waals surface area contributed by atoms with Crippen molar-refractivity contribution < 1.29 is 4.79 Å². The molecule has 2 aromatic rings. The number of pyridine rings is 1. The Hall–Kier alpha value is -1.40. The van der Waals surface area contributed by atoms with Crippen LogP contribution in [0.3, 0.4) is 0 Å². The molecule has 0 aliphatic rings. The molecule has 0 unspecified atom stereocenters. The number of rotatable bonds is 4. The molecule has 0 aliphatic heterocycles. The molecule has 0 atom stereocenters. The highest BCUT2D eigenvalue weighted by atomic mass is 79.9. The van der Waals surface area contributed by atoms with Gasteiger partial charge in [0, 0.05) is 18.8 Å². The smallest absolute Gasteiger partial charge is 0.265 e. The normalized spacial score (nSPS) is 10.6. The van der Waals surface area contributed by atoms with E-state index < -0.39 is 0 Å². The average Bonchev–Trinajstić information content (AvgIpc) is 2.74. The third-order valence-corrected chi connectivity index (χ3v) is 4.92. The summed E-state index contributed by atoms with van der Waals surface area (Å²) in [5, 5.41) is 2.82. The van der Waals surface area contributed by atoms with Crippen LogP contribution in [0.4, 0.5) is 5.69 Å². The molecule has 20 heavy (non-hydrogen) atoms. The van der Waals surface area contributed by atoms with Gasteiger partial charge in [-0.3, -0.25) is 9.59 Å². The van der Waals surface area contributed by atoms with Crippen molar-refractivity contribution in [2.45, 2.75) is 26.8 Å². The van der Waals surface area contributed by atoms with Crippen molar-refractivity contribution in [2.75, 3.05) is 5.32 Å². The second kappa shape index (κ2) is 6.37. The maximum absolute atomic E-state index is 12.1. The number of hydrogen-bond acceptors (Lipinski definition) is 3. The van der Waals surface area contributed by atoms with Gasteiger partial charge in [-0.1, -0.05) is 6.92 Å². The molecule has 0 spiro atoms. The second-order valence-corrected chi connectivity index (χ2v) is 6.84. The molecular weight excluding hydrogens is 340 g/mol. The first-order valence-electron chi connectivity index (χ1n) is 6.29. The molecular formula is C14H15BrN2O2S. The molecule has 106 valence electrons. The molecule has 4 nitrogen and oxygen atoms in total. The molecule has 0 fully saturated rings. The summed E-state index contributed by atoms with van der Waals surface area (Å²) in [5.74, 6) is -0.162. The van der Waals surface area contributed by atoms with Gasteiger partial charge in [0.1, 0.15) is 0 Å². The minimum absolute atomic E-state index is 0.0560. The standard InChI is InChI=1S/C14H15BrN2O2S/c1-3-6-17-8-10(4-5-12(17)18)16-14(19)11-7-9(2)13(15)20-11/h4-5,7-8H,3,6H2,1-2H3,(H,16,19). The van der Waals surface area contributed by atoms with Crippen LogP contribution < -0.4 is 10.9 Å². The summed E-state index contributed by atoms with van der Waals surface area (Å²) in [5.41, 5.74) is 1.61. The van der Waals surface area contributed by atoms with Crippen LogP contribution in [0.5, 0.6) is 0 Å². The number of hydrogen-bond donors (Lipinski definition) is 1. The summed E-state index contributed by atoms with van der Waals surface area (Å²) >= 11 is 4.80. The highest BCUT2D eigenvalue weighted by Crippen LogP contribution is 2.27. The van der Waals surface area contributed by atoms with Crippen molar-refractivity contribution in [2.24, 2.45) is 0 Å². The lowest BCUT2D eigenvalue weighted by Gasteiger charge is -2.07. The molecule has 0 radical (unpaired) electrons. The largest absolute Gasteiger partial charge is 0.320 e. The van der Waals surface area contributed by atoms with E-state index in [9.17, 15) is 9.59 Å². The van der Waals surface area contributed by atoms with Crippen molar-refractivity contribution in [3.05, 3.63) is 49.0 Å². The molecule has 1 amide bonds. The third-order valence-electron chi connectivity index (χ3n) is 2.79. The van der Waals surface area contributed by atoms with Crippen LogP contribution in [-0.4, -0.2) is 10.5 Å². The molecule has 0 aliphatic carbocycles. The van der Waals surface area contributed by atoms with E-state index >= 15 is 0 Å². The number of aryl methyl sites for hydroxylation is 2. The minimum atomic E-state index is -0.162. The number of thiophene rings is 1. The first-order valence-corrected chi connectivity index (χ1v) is 7.90. The Balaban J connectivity index is 2.19. The van der Waals surface area contributed by atoms with E-state index in [0.717, 1.165) is 15.8 Å². The molecule has 2 heterocycles. The molecule has 0 bridgehead atoms. The van der Waals surface area contributed by atoms with Crippen LogP contribution in [0.1, 0.15) is 28.6 Å². The van der Waals surface area contributed by atoms with Gasteiger partial charge in [0.2, 0.25) is 0 Å². The Morgan fingerprint density at radius 3 is 2.80 bits per heavy atom. The highest BCUT2D eigenvalue weighted by Gasteiger charge is 2.11. The van der Waals surface area contributed by atoms with Gasteiger partial charge in [-0.25, -0.2) is 0 Å². The highest BCUT2D eigenvalue weighted by molar-refractivity contribution is 9.11. The number of halogens is 1. The molecule has 6 heteroatoms. The van der Waals surface area contributed by atoms with Crippen molar-refractivity contribution in [3.8, 4) is 0 Å². The summed E-state index contributed by atoms with van der Waals surface area (Å²) in [6.45, 7) is 4.59. The van der Waals surface area contributed by atoms with Gasteiger partial charge in [0.05, 0.1) is 14.4 Å². The van der Waals surface area contributed by atoms with Gasteiger partial charge in [-0.15, -0.1) is 11.3 Å². The van der Waals surface area contributed by atoms with Gasteiger partial charge in [0.25, 0.3) is 11.5 Å². The molecule has 2 aromatic heterocycles. The van der Waals surface area contributed by atoms with Crippen LogP contribution >= 0.6 is 27.3 Å². The maximum atomic E-state index is 12.1. The fourth-order valence-electron chi connectivity index (χ4n) is 1.79. The molecule has 2 rings (SSSR count). The quantitative estimate of drug-likeness (QED) is 0.910. The lowest BCUT2D eigenvalue weighted by molar-refractivity contribution is 0.103. The Labute approximate surface area is 129 Å². The number of anilines is 1. The predicted molar refractivity (Wildman–Crippen MR) is 85.7 cm³/mol. The van der Waals surface area contributed by atoms with Crippen LogP contribution in [0.25, 0.3) is 0 Å². The lowest BCUT2D eigenvalue weighted by atomic mass is 10.3. The predicted octanol–water partition coefficient (Wildman–Crippen LogP) is 3.64. The summed E-state index contributed by atoms with van der Waals surface area (Å²) in [6, 6.07) is 4.94. The monoisotopic (exact) mass is 354 g/mol. The van der Waals surface area contributed by atoms with E-state index in [1.165, 1.54) is 17.4 Å². The zero-order valence-electron chi connectivity index (χ0n) is 11.3. The lowest BCUT2D eigenvalue weighted by Crippen LogP contribution is -2.20. The van der Waals surface area contributed by atoms with Crippen molar-refractivity contribution in [1.29, 1.82) is 0 Å². The van der Waals surface area contributed by atoms with E-state index in [0.29, 0.717) is 17.1 Å². The minimum Gasteiger partial charge on any atom is -0.320 e. The Kier molecular flexibility index (Phi) is 4.77. The Morgan fingerprint density at radius 1 is 1.45 bits per heavy atom. The van der Waals surface area contributed by atoms with E-state index in [2.05, 4.69) is 21.2 Å². The number of nitrogens with zero attached hydrogens (tertiary/aromatic N) is 1. The van der Waals surface area contributed by atoms with Crippen LogP contribution in [0.2, 0.25) is 0 Å². The SMILES string of the molecule is CCCn1cc(NC(=O)c2cc(C)c(Br)s2)ccc1=O. The number of carbonyl (C=O) groups is 1. The number of carbonyl (C=O) groups excluding carboxylic acids is 1. The third kappa shape index (κ3) is 3.37. The Bertz CT molecular complexity index is 671. The molecule has 0 saturated heterocycles. The Morgan fingerprint density at radius 2 is 2.20 bits per heavy atom. The number of amides is 1. The zero-order valence-corrected chi connectivity index (χ0v) is 13.7. The van der Waals surface area contributed by atoms with Crippen LogP contribution in [0, 0.1) is 6.92 Å². The summed E-state index contributed by atoms with van der Waals surface area (Å²) in [7, 11) is 0. The summed E-state index contributed by atoms with van der Waals surface area (Å²) in [4.78, 5) is 24.4. The fraction of sp³-hybridized carbons (Fsp3) is 0.286. The first kappa shape index (κ1) is 15.0. The molecule has 0 saturated carbocycles. The van der Waals surface area contributed by atoms with Crippen LogP contribution in [-0.2, 0) is 6.54 Å². The van der Waals surface area contributed by atoms with E-state index in [1.807, 2.05) is 19.9 Å². The van der Waals surface area contributed by atoms with Gasteiger partial charge in [-0.05, 0) is 47.0 Å². The number of nitrogens with one attached hydrogen (secondary N) is 1. The van der Waals surface area contributed by atoms with Gasteiger partial charge >= 0.3 is 0 Å². The van der Waals surface area contributed by atoms with Gasteiger partial charge in [-0.2, -0.15) is 0 Å². The maximum Gasteiger partial charge on any atom is 0.265 e. The molecule has 0 aromatic carbocycles. The van der Waals surface area contributed by atoms with Gasteiger partial charge in [0.15, 0.2) is 0 Å².